The molecule has 1 aliphatic heterocycles. The predicted octanol–water partition coefficient (Wildman–Crippen LogP) is 3.47. The minimum Gasteiger partial charge on any atom is -0.508 e. The third-order valence-electron chi connectivity index (χ3n) is 4.55. The number of phenols is 2. The van der Waals surface area contributed by atoms with Gasteiger partial charge >= 0.3 is 0 Å². The Bertz CT molecular complexity index is 965. The van der Waals surface area contributed by atoms with Gasteiger partial charge in [0.05, 0.1) is 11.4 Å². The Hall–Kier alpha value is -2.92. The molecular weight excluding hydrogens is 314 g/mol. The van der Waals surface area contributed by atoms with Crippen molar-refractivity contribution in [2.24, 2.45) is 0 Å². The second-order valence-electron chi connectivity index (χ2n) is 6.45. The summed E-state index contributed by atoms with van der Waals surface area (Å²) in [5.74, 6) is 0.295. The molecule has 25 heavy (non-hydrogen) atoms. The largest absolute Gasteiger partial charge is 0.508 e. The lowest BCUT2D eigenvalue weighted by Gasteiger charge is -2.20. The van der Waals surface area contributed by atoms with Gasteiger partial charge in [-0.3, -0.25) is 0 Å². The van der Waals surface area contributed by atoms with E-state index in [0.29, 0.717) is 17.3 Å². The number of aromatic hydroxyl groups is 2. The number of rotatable bonds is 2. The molecule has 1 aromatic heterocycles. The van der Waals surface area contributed by atoms with E-state index < -0.39 is 0 Å². The van der Waals surface area contributed by atoms with Crippen molar-refractivity contribution < 1.29 is 10.2 Å². The third kappa shape index (κ3) is 3.06. The molecule has 0 aliphatic carbocycles. The van der Waals surface area contributed by atoms with Gasteiger partial charge in [-0.05, 0) is 66.1 Å². The molecular formula is C20H19N3O2. The van der Waals surface area contributed by atoms with E-state index in [1.54, 1.807) is 18.2 Å². The number of phenolic OH excluding ortho intramolecular Hbond substituents is 2. The summed E-state index contributed by atoms with van der Waals surface area (Å²) in [5, 5.41) is 33.6. The van der Waals surface area contributed by atoms with E-state index in [1.165, 1.54) is 5.57 Å². The second-order valence-corrected chi connectivity index (χ2v) is 6.45. The molecule has 3 aromatic rings. The van der Waals surface area contributed by atoms with Crippen molar-refractivity contribution >= 4 is 16.3 Å². The Kier molecular flexibility index (Phi) is 3.86. The minimum absolute atomic E-state index is 0.120. The van der Waals surface area contributed by atoms with Crippen molar-refractivity contribution in [3.05, 3.63) is 54.2 Å². The molecule has 0 spiro atoms. The fraction of sp³-hybridized carbons (Fsp3) is 0.200. The van der Waals surface area contributed by atoms with Crippen LogP contribution in [0, 0.1) is 0 Å². The fourth-order valence-electron chi connectivity index (χ4n) is 3.20. The van der Waals surface area contributed by atoms with Gasteiger partial charge in [0.25, 0.3) is 0 Å². The van der Waals surface area contributed by atoms with Crippen molar-refractivity contribution in [2.45, 2.75) is 19.4 Å². The van der Waals surface area contributed by atoms with Gasteiger partial charge in [-0.1, -0.05) is 12.1 Å². The van der Waals surface area contributed by atoms with Gasteiger partial charge < -0.3 is 15.5 Å². The predicted molar refractivity (Wildman–Crippen MR) is 98.4 cm³/mol. The van der Waals surface area contributed by atoms with Crippen molar-refractivity contribution in [1.82, 2.24) is 15.5 Å². The number of hydrogen-bond donors (Lipinski definition) is 3. The summed E-state index contributed by atoms with van der Waals surface area (Å²) in [6, 6.07) is 12.8. The van der Waals surface area contributed by atoms with Gasteiger partial charge in [0.2, 0.25) is 0 Å². The lowest BCUT2D eigenvalue weighted by Crippen LogP contribution is -2.30. The van der Waals surface area contributed by atoms with Crippen molar-refractivity contribution in [3.63, 3.8) is 0 Å². The second kappa shape index (κ2) is 6.18. The molecule has 1 aliphatic rings. The van der Waals surface area contributed by atoms with Crippen LogP contribution in [0.4, 0.5) is 0 Å². The molecule has 0 bridgehead atoms. The van der Waals surface area contributed by atoms with E-state index in [9.17, 15) is 10.2 Å². The molecule has 0 radical (unpaired) electrons. The van der Waals surface area contributed by atoms with E-state index in [2.05, 4.69) is 28.5 Å². The van der Waals surface area contributed by atoms with E-state index in [4.69, 9.17) is 0 Å². The van der Waals surface area contributed by atoms with Gasteiger partial charge in [-0.25, -0.2) is 0 Å². The maximum absolute atomic E-state index is 10.3. The molecule has 1 atom stereocenters. The van der Waals surface area contributed by atoms with Crippen LogP contribution >= 0.6 is 0 Å². The van der Waals surface area contributed by atoms with E-state index >= 15 is 0 Å². The van der Waals surface area contributed by atoms with Crippen LogP contribution in [0.15, 0.2) is 48.5 Å². The van der Waals surface area contributed by atoms with Crippen LogP contribution in [-0.4, -0.2) is 33.0 Å². The first-order chi connectivity index (χ1) is 12.1. The van der Waals surface area contributed by atoms with Crippen LogP contribution in [-0.2, 0) is 0 Å². The molecule has 0 amide bonds. The number of hydrogen-bond acceptors (Lipinski definition) is 5. The van der Waals surface area contributed by atoms with Crippen LogP contribution in [0.2, 0.25) is 0 Å². The Morgan fingerprint density at radius 3 is 2.52 bits per heavy atom. The molecule has 0 saturated carbocycles. The molecule has 126 valence electrons. The first kappa shape index (κ1) is 15.6. The van der Waals surface area contributed by atoms with Crippen LogP contribution in [0.3, 0.4) is 0 Å². The summed E-state index contributed by atoms with van der Waals surface area (Å²) in [4.78, 5) is 0. The summed E-state index contributed by atoms with van der Waals surface area (Å²) in [7, 11) is 0. The molecule has 0 fully saturated rings. The van der Waals surface area contributed by atoms with E-state index in [1.807, 2.05) is 24.3 Å². The zero-order valence-electron chi connectivity index (χ0n) is 13.9. The molecule has 2 heterocycles. The normalized spacial score (nSPS) is 17.5. The average molecular weight is 333 g/mol. The Morgan fingerprint density at radius 1 is 0.960 bits per heavy atom. The van der Waals surface area contributed by atoms with Gasteiger partial charge in [0.1, 0.15) is 11.5 Å². The number of benzene rings is 2. The molecule has 5 nitrogen and oxygen atoms in total. The molecule has 1 unspecified atom stereocenters. The summed E-state index contributed by atoms with van der Waals surface area (Å²) >= 11 is 0. The summed E-state index contributed by atoms with van der Waals surface area (Å²) in [6.45, 7) is 3.00. The average Bonchev–Trinajstić information content (AvgIpc) is 2.61. The monoisotopic (exact) mass is 333 g/mol. The Balaban J connectivity index is 1.70. The van der Waals surface area contributed by atoms with E-state index in [0.717, 1.165) is 29.4 Å². The topological polar surface area (TPSA) is 78.3 Å². The van der Waals surface area contributed by atoms with Gasteiger partial charge in [-0.15, -0.1) is 5.10 Å². The lowest BCUT2D eigenvalue weighted by molar-refractivity contribution is 0.475. The lowest BCUT2D eigenvalue weighted by atomic mass is 9.99. The van der Waals surface area contributed by atoms with Crippen molar-refractivity contribution in [1.29, 1.82) is 0 Å². The zero-order valence-corrected chi connectivity index (χ0v) is 13.9. The number of nitrogens with one attached hydrogen (secondary N) is 1. The first-order valence-corrected chi connectivity index (χ1v) is 8.33. The quantitative estimate of drug-likeness (QED) is 0.669. The highest BCUT2D eigenvalue weighted by atomic mass is 16.3. The summed E-state index contributed by atoms with van der Waals surface area (Å²) in [6.07, 6.45) is 3.07. The molecule has 0 saturated heterocycles. The van der Waals surface area contributed by atoms with Crippen LogP contribution in [0.5, 0.6) is 11.5 Å². The summed E-state index contributed by atoms with van der Waals surface area (Å²) in [5.41, 5.74) is 3.33. The van der Waals surface area contributed by atoms with E-state index in [-0.39, 0.29) is 11.5 Å². The smallest absolute Gasteiger partial charge is 0.125 e. The standard InChI is InChI=1S/C20H19N3O2/c1-12-8-14(6-7-21-12)18-4-5-19(23-22-18)17-10-13-2-3-16(24)9-15(13)11-20(17)25/h2-6,9-12,21,24-25H,7-8H2,1H3. The van der Waals surface area contributed by atoms with Gasteiger partial charge in [0.15, 0.2) is 0 Å². The van der Waals surface area contributed by atoms with Crippen LogP contribution in [0.1, 0.15) is 19.0 Å². The van der Waals surface area contributed by atoms with Crippen LogP contribution in [0.25, 0.3) is 27.6 Å². The summed E-state index contributed by atoms with van der Waals surface area (Å²) < 4.78 is 0. The minimum atomic E-state index is 0.120. The number of aromatic nitrogens is 2. The molecule has 5 heteroatoms. The number of nitrogens with zero attached hydrogens (tertiary/aromatic N) is 2. The molecule has 3 N–H and O–H groups in total. The zero-order chi connectivity index (χ0) is 17.4. The highest BCUT2D eigenvalue weighted by Crippen LogP contribution is 2.33. The Labute approximate surface area is 145 Å². The fourth-order valence-corrected chi connectivity index (χ4v) is 3.20. The van der Waals surface area contributed by atoms with Gasteiger partial charge in [0, 0.05) is 18.2 Å². The Morgan fingerprint density at radius 2 is 1.76 bits per heavy atom. The highest BCUT2D eigenvalue weighted by molar-refractivity contribution is 5.90. The maximum Gasteiger partial charge on any atom is 0.125 e. The third-order valence-corrected chi connectivity index (χ3v) is 4.55. The SMILES string of the molecule is CC1CC(c2ccc(-c3cc4ccc(O)cc4cc3O)nn2)=CCN1. The van der Waals surface area contributed by atoms with Crippen molar-refractivity contribution in [2.75, 3.05) is 6.54 Å². The maximum atomic E-state index is 10.3. The molecule has 2 aromatic carbocycles. The highest BCUT2D eigenvalue weighted by Gasteiger charge is 2.14. The number of fused-ring (bicyclic) bond motifs is 1. The van der Waals surface area contributed by atoms with Crippen molar-refractivity contribution in [3.8, 4) is 22.8 Å². The molecule has 4 rings (SSSR count). The van der Waals surface area contributed by atoms with Crippen LogP contribution < -0.4 is 5.32 Å². The van der Waals surface area contributed by atoms with Gasteiger partial charge in [-0.2, -0.15) is 5.10 Å². The first-order valence-electron chi connectivity index (χ1n) is 8.33.